The van der Waals surface area contributed by atoms with Crippen molar-refractivity contribution < 1.29 is 24.2 Å². The van der Waals surface area contributed by atoms with Crippen LogP contribution in [0.1, 0.15) is 28.9 Å². The number of carbonyl (C=O) groups is 2. The molecule has 1 fully saturated rings. The smallest absolute Gasteiger partial charge is 0.416 e. The number of amides is 1. The molecule has 1 N–H and O–H groups in total. The summed E-state index contributed by atoms with van der Waals surface area (Å²) in [6.45, 7) is 1.21. The first kappa shape index (κ1) is 17.8. The quantitative estimate of drug-likeness (QED) is 0.877. The van der Waals surface area contributed by atoms with Crippen LogP contribution in [0, 0.1) is 0 Å². The van der Waals surface area contributed by atoms with Crippen molar-refractivity contribution in [1.82, 2.24) is 9.97 Å². The Morgan fingerprint density at radius 3 is 2.50 bits per heavy atom. The van der Waals surface area contributed by atoms with Crippen LogP contribution in [0.2, 0.25) is 0 Å². The first-order valence-corrected chi connectivity index (χ1v) is 8.28. The Labute approximate surface area is 150 Å². The van der Waals surface area contributed by atoms with Gasteiger partial charge in [0, 0.05) is 19.3 Å². The first-order chi connectivity index (χ1) is 12.6. The summed E-state index contributed by atoms with van der Waals surface area (Å²) in [6, 6.07) is 9.22. The van der Waals surface area contributed by atoms with Crippen LogP contribution in [0.4, 0.5) is 10.6 Å². The van der Waals surface area contributed by atoms with Crippen molar-refractivity contribution in [1.29, 1.82) is 0 Å². The summed E-state index contributed by atoms with van der Waals surface area (Å²) in [7, 11) is 0. The number of carbonyl (C=O) groups excluding carboxylic acids is 1. The minimum atomic E-state index is -1.17. The van der Waals surface area contributed by atoms with Crippen LogP contribution in [0.3, 0.4) is 0 Å². The second-order valence-electron chi connectivity index (χ2n) is 5.82. The molecule has 8 heteroatoms. The summed E-state index contributed by atoms with van der Waals surface area (Å²) in [5.74, 6) is -0.909. The second-order valence-corrected chi connectivity index (χ2v) is 5.82. The number of aromatic carboxylic acids is 1. The monoisotopic (exact) mass is 357 g/mol. The minimum absolute atomic E-state index is 0.139. The van der Waals surface area contributed by atoms with Crippen LogP contribution >= 0.6 is 0 Å². The van der Waals surface area contributed by atoms with Crippen molar-refractivity contribution in [3.63, 3.8) is 0 Å². The molecule has 0 atom stereocenters. The molecule has 0 bridgehead atoms. The van der Waals surface area contributed by atoms with Gasteiger partial charge in [-0.3, -0.25) is 4.90 Å². The lowest BCUT2D eigenvalue weighted by Gasteiger charge is -2.32. The highest BCUT2D eigenvalue weighted by Crippen LogP contribution is 2.22. The van der Waals surface area contributed by atoms with Gasteiger partial charge in [0.1, 0.15) is 6.61 Å². The van der Waals surface area contributed by atoms with Crippen molar-refractivity contribution in [2.75, 3.05) is 18.1 Å². The fourth-order valence-electron chi connectivity index (χ4n) is 2.72. The van der Waals surface area contributed by atoms with E-state index in [1.54, 1.807) is 0 Å². The standard InChI is InChI=1S/C18H19N3O5/c22-17(23)15-10-20-16(11-19-15)21(14-6-8-25-9-7-14)18(24)26-12-13-4-2-1-3-5-13/h1-5,10-11,14H,6-9,12H2,(H,22,23). The number of carboxylic acids is 1. The topological polar surface area (TPSA) is 102 Å². The first-order valence-electron chi connectivity index (χ1n) is 8.28. The molecule has 0 radical (unpaired) electrons. The Morgan fingerprint density at radius 2 is 1.88 bits per heavy atom. The molecule has 136 valence electrons. The van der Waals surface area contributed by atoms with Crippen LogP contribution in [-0.2, 0) is 16.1 Å². The van der Waals surface area contributed by atoms with E-state index in [0.717, 1.165) is 11.8 Å². The number of aromatic nitrogens is 2. The number of benzene rings is 1. The highest BCUT2D eigenvalue weighted by atomic mass is 16.6. The lowest BCUT2D eigenvalue weighted by molar-refractivity contribution is 0.0690. The van der Waals surface area contributed by atoms with Gasteiger partial charge in [0.25, 0.3) is 0 Å². The minimum Gasteiger partial charge on any atom is -0.476 e. The molecule has 1 aromatic carbocycles. The van der Waals surface area contributed by atoms with Gasteiger partial charge in [-0.25, -0.2) is 19.6 Å². The zero-order chi connectivity index (χ0) is 18.4. The van der Waals surface area contributed by atoms with E-state index >= 15 is 0 Å². The van der Waals surface area contributed by atoms with Crippen molar-refractivity contribution in [2.45, 2.75) is 25.5 Å². The zero-order valence-corrected chi connectivity index (χ0v) is 14.1. The average molecular weight is 357 g/mol. The molecule has 2 heterocycles. The number of carboxylic acid groups (broad SMARTS) is 1. The molecule has 0 spiro atoms. The average Bonchev–Trinajstić information content (AvgIpc) is 2.69. The van der Waals surface area contributed by atoms with E-state index in [0.29, 0.717) is 26.1 Å². The maximum absolute atomic E-state index is 12.7. The van der Waals surface area contributed by atoms with Gasteiger partial charge in [0.15, 0.2) is 11.5 Å². The third-order valence-corrected chi connectivity index (χ3v) is 4.06. The van der Waals surface area contributed by atoms with Crippen molar-refractivity contribution in [2.24, 2.45) is 0 Å². The Kier molecular flexibility index (Phi) is 5.75. The van der Waals surface area contributed by atoms with Crippen LogP contribution in [0.15, 0.2) is 42.7 Å². The highest BCUT2D eigenvalue weighted by Gasteiger charge is 2.30. The van der Waals surface area contributed by atoms with Crippen molar-refractivity contribution >= 4 is 17.9 Å². The van der Waals surface area contributed by atoms with Gasteiger partial charge >= 0.3 is 12.1 Å². The molecule has 1 aromatic heterocycles. The van der Waals surface area contributed by atoms with Gasteiger partial charge in [-0.15, -0.1) is 0 Å². The van der Waals surface area contributed by atoms with E-state index in [2.05, 4.69) is 9.97 Å². The van der Waals surface area contributed by atoms with Crippen molar-refractivity contribution in [3.05, 3.63) is 54.0 Å². The molecule has 1 aliphatic rings. The predicted molar refractivity (Wildman–Crippen MR) is 91.9 cm³/mol. The van der Waals surface area contributed by atoms with Crippen LogP contribution in [0.25, 0.3) is 0 Å². The molecule has 0 saturated carbocycles. The molecular formula is C18H19N3O5. The molecule has 26 heavy (non-hydrogen) atoms. The lowest BCUT2D eigenvalue weighted by Crippen LogP contribution is -2.44. The van der Waals surface area contributed by atoms with Crippen LogP contribution < -0.4 is 4.90 Å². The van der Waals surface area contributed by atoms with Gasteiger partial charge in [-0.2, -0.15) is 0 Å². The van der Waals surface area contributed by atoms with E-state index < -0.39 is 12.1 Å². The number of hydrogen-bond donors (Lipinski definition) is 1. The molecule has 1 amide bonds. The highest BCUT2D eigenvalue weighted by molar-refractivity contribution is 5.88. The molecule has 2 aromatic rings. The van der Waals surface area contributed by atoms with E-state index in [1.165, 1.54) is 11.1 Å². The van der Waals surface area contributed by atoms with Gasteiger partial charge in [0.2, 0.25) is 0 Å². The molecule has 0 unspecified atom stereocenters. The number of anilines is 1. The van der Waals surface area contributed by atoms with Crippen LogP contribution in [-0.4, -0.2) is 46.4 Å². The zero-order valence-electron chi connectivity index (χ0n) is 14.1. The lowest BCUT2D eigenvalue weighted by atomic mass is 10.1. The van der Waals surface area contributed by atoms with Gasteiger partial charge < -0.3 is 14.6 Å². The summed E-state index contributed by atoms with van der Waals surface area (Å²) in [5, 5.41) is 8.96. The van der Waals surface area contributed by atoms with Gasteiger partial charge in [-0.1, -0.05) is 30.3 Å². The summed E-state index contributed by atoms with van der Waals surface area (Å²) in [5.41, 5.74) is 0.693. The summed E-state index contributed by atoms with van der Waals surface area (Å²) >= 11 is 0. The molecule has 1 saturated heterocycles. The number of nitrogens with zero attached hydrogens (tertiary/aromatic N) is 3. The van der Waals surface area contributed by atoms with Crippen molar-refractivity contribution in [3.8, 4) is 0 Å². The SMILES string of the molecule is O=C(O)c1cnc(N(C(=O)OCc2ccccc2)C2CCOCC2)cn1. The number of hydrogen-bond acceptors (Lipinski definition) is 6. The van der Waals surface area contributed by atoms with Gasteiger partial charge in [-0.05, 0) is 18.4 Å². The normalized spacial score (nSPS) is 14.6. The largest absolute Gasteiger partial charge is 0.476 e. The summed E-state index contributed by atoms with van der Waals surface area (Å²) in [6.07, 6.45) is 3.15. The molecule has 3 rings (SSSR count). The number of rotatable bonds is 5. The number of ether oxygens (including phenoxy) is 2. The third kappa shape index (κ3) is 4.34. The fraction of sp³-hybridized carbons (Fsp3) is 0.333. The summed E-state index contributed by atoms with van der Waals surface area (Å²) < 4.78 is 10.8. The molecule has 1 aliphatic heterocycles. The Bertz CT molecular complexity index is 745. The van der Waals surface area contributed by atoms with Crippen LogP contribution in [0.5, 0.6) is 0 Å². The fourth-order valence-corrected chi connectivity index (χ4v) is 2.72. The maximum atomic E-state index is 12.7. The molecule has 8 nitrogen and oxygen atoms in total. The van der Waals surface area contributed by atoms with E-state index in [9.17, 15) is 9.59 Å². The Balaban J connectivity index is 1.78. The predicted octanol–water partition coefficient (Wildman–Crippen LogP) is 2.50. The maximum Gasteiger partial charge on any atom is 0.416 e. The van der Waals surface area contributed by atoms with E-state index in [1.807, 2.05) is 30.3 Å². The summed E-state index contributed by atoms with van der Waals surface area (Å²) in [4.78, 5) is 33.0. The third-order valence-electron chi connectivity index (χ3n) is 4.06. The van der Waals surface area contributed by atoms with E-state index in [-0.39, 0.29) is 24.2 Å². The Morgan fingerprint density at radius 1 is 1.15 bits per heavy atom. The molecular weight excluding hydrogens is 338 g/mol. The van der Waals surface area contributed by atoms with E-state index in [4.69, 9.17) is 14.6 Å². The van der Waals surface area contributed by atoms with Gasteiger partial charge in [0.05, 0.1) is 12.4 Å². The second kappa shape index (κ2) is 8.39. The Hall–Kier alpha value is -3.00. The molecule has 0 aliphatic carbocycles.